The van der Waals surface area contributed by atoms with Gasteiger partial charge in [-0.05, 0) is 25.1 Å². The number of benzene rings is 2. The van der Waals surface area contributed by atoms with Crippen LogP contribution in [0, 0.1) is 0 Å². The molecule has 0 spiro atoms. The summed E-state index contributed by atoms with van der Waals surface area (Å²) in [6.07, 6.45) is -4.33. The van der Waals surface area contributed by atoms with Gasteiger partial charge >= 0.3 is 6.18 Å². The summed E-state index contributed by atoms with van der Waals surface area (Å²) in [5, 5.41) is 4.07. The fourth-order valence-electron chi connectivity index (χ4n) is 3.51. The second kappa shape index (κ2) is 7.87. The summed E-state index contributed by atoms with van der Waals surface area (Å²) in [6, 6.07) is 15.0. The van der Waals surface area contributed by atoms with Gasteiger partial charge in [0.2, 0.25) is 11.7 Å². The van der Waals surface area contributed by atoms with Crippen molar-refractivity contribution in [2.24, 2.45) is 0 Å². The molecule has 0 radical (unpaired) electrons. The fraction of sp³-hybridized carbons (Fsp3) is 0.333. The van der Waals surface area contributed by atoms with Crippen molar-refractivity contribution in [3.8, 4) is 11.4 Å². The Morgan fingerprint density at radius 1 is 0.966 bits per heavy atom. The molecule has 8 heteroatoms. The van der Waals surface area contributed by atoms with Gasteiger partial charge < -0.3 is 9.42 Å². The molecular weight excluding hydrogens is 381 g/mol. The molecule has 0 bridgehead atoms. The minimum absolute atomic E-state index is 0.0661. The quantitative estimate of drug-likeness (QED) is 0.636. The van der Waals surface area contributed by atoms with Gasteiger partial charge in [0.1, 0.15) is 0 Å². The molecule has 5 nitrogen and oxygen atoms in total. The third kappa shape index (κ3) is 4.27. The van der Waals surface area contributed by atoms with E-state index in [4.69, 9.17) is 4.52 Å². The van der Waals surface area contributed by atoms with Crippen molar-refractivity contribution in [3.63, 3.8) is 0 Å². The highest BCUT2D eigenvalue weighted by Gasteiger charge is 2.31. The molecule has 3 aromatic rings. The molecular formula is C21H21F3N4O. The lowest BCUT2D eigenvalue weighted by Crippen LogP contribution is -2.47. The summed E-state index contributed by atoms with van der Waals surface area (Å²) < 4.78 is 44.4. The average molecular weight is 402 g/mol. The van der Waals surface area contributed by atoms with E-state index >= 15 is 0 Å². The number of nitrogens with zero attached hydrogens (tertiary/aromatic N) is 4. The van der Waals surface area contributed by atoms with Gasteiger partial charge in [-0.15, -0.1) is 0 Å². The molecule has 1 aliphatic rings. The Balaban J connectivity index is 1.40. The molecule has 1 aliphatic heterocycles. The van der Waals surface area contributed by atoms with Gasteiger partial charge in [-0.2, -0.15) is 18.2 Å². The van der Waals surface area contributed by atoms with E-state index in [-0.39, 0.29) is 6.04 Å². The van der Waals surface area contributed by atoms with Crippen molar-refractivity contribution in [2.45, 2.75) is 19.1 Å². The largest absolute Gasteiger partial charge is 0.416 e. The molecule has 1 fully saturated rings. The van der Waals surface area contributed by atoms with E-state index in [9.17, 15) is 13.2 Å². The Bertz CT molecular complexity index is 950. The molecule has 4 rings (SSSR count). The molecule has 0 amide bonds. The molecule has 1 aromatic heterocycles. The van der Waals surface area contributed by atoms with Crippen LogP contribution in [-0.2, 0) is 6.18 Å². The maximum absolute atomic E-state index is 13.0. The van der Waals surface area contributed by atoms with Gasteiger partial charge in [-0.3, -0.25) is 4.90 Å². The Morgan fingerprint density at radius 3 is 2.38 bits per heavy atom. The van der Waals surface area contributed by atoms with Gasteiger partial charge in [-0.25, -0.2) is 0 Å². The number of anilines is 1. The summed E-state index contributed by atoms with van der Waals surface area (Å²) >= 11 is 0. The predicted octanol–water partition coefficient (Wildman–Crippen LogP) is 4.64. The van der Waals surface area contributed by atoms with Crippen LogP contribution in [0.2, 0.25) is 0 Å². The highest BCUT2D eigenvalue weighted by atomic mass is 19.4. The van der Waals surface area contributed by atoms with Crippen LogP contribution in [0.15, 0.2) is 59.1 Å². The Morgan fingerprint density at radius 2 is 1.69 bits per heavy atom. The summed E-state index contributed by atoms with van der Waals surface area (Å²) in [7, 11) is 0. The first kappa shape index (κ1) is 19.4. The van der Waals surface area contributed by atoms with Gasteiger partial charge in [0.05, 0.1) is 11.6 Å². The summed E-state index contributed by atoms with van der Waals surface area (Å²) in [5.74, 6) is 1.09. The number of hydrogen-bond donors (Lipinski definition) is 0. The SMILES string of the molecule is CC(c1nc(-c2ccccc2)no1)N1CCN(c2cccc(C(F)(F)F)c2)CC1. The van der Waals surface area contributed by atoms with Gasteiger partial charge in [-0.1, -0.05) is 41.6 Å². The maximum atomic E-state index is 13.0. The van der Waals surface area contributed by atoms with E-state index in [1.165, 1.54) is 12.1 Å². The summed E-state index contributed by atoms with van der Waals surface area (Å²) in [6.45, 7) is 4.65. The zero-order chi connectivity index (χ0) is 20.4. The van der Waals surface area contributed by atoms with Crippen molar-refractivity contribution >= 4 is 5.69 Å². The first-order valence-corrected chi connectivity index (χ1v) is 9.47. The van der Waals surface area contributed by atoms with Crippen LogP contribution < -0.4 is 4.90 Å². The zero-order valence-corrected chi connectivity index (χ0v) is 15.9. The number of alkyl halides is 3. The van der Waals surface area contributed by atoms with Gasteiger partial charge in [0.15, 0.2) is 0 Å². The fourth-order valence-corrected chi connectivity index (χ4v) is 3.51. The highest BCUT2D eigenvalue weighted by Crippen LogP contribution is 2.32. The molecule has 1 unspecified atom stereocenters. The van der Waals surface area contributed by atoms with Crippen molar-refractivity contribution in [1.29, 1.82) is 0 Å². The molecule has 29 heavy (non-hydrogen) atoms. The van der Waals surface area contributed by atoms with E-state index in [0.29, 0.717) is 43.6 Å². The molecule has 2 aromatic carbocycles. The Hall–Kier alpha value is -2.87. The van der Waals surface area contributed by atoms with Crippen LogP contribution >= 0.6 is 0 Å². The first-order chi connectivity index (χ1) is 13.9. The van der Waals surface area contributed by atoms with Crippen molar-refractivity contribution in [1.82, 2.24) is 15.0 Å². The second-order valence-corrected chi connectivity index (χ2v) is 7.07. The number of aromatic nitrogens is 2. The third-order valence-corrected chi connectivity index (χ3v) is 5.23. The van der Waals surface area contributed by atoms with Crippen LogP contribution in [0.25, 0.3) is 11.4 Å². The number of rotatable bonds is 4. The zero-order valence-electron chi connectivity index (χ0n) is 15.9. The molecule has 2 heterocycles. The number of hydrogen-bond acceptors (Lipinski definition) is 5. The van der Waals surface area contributed by atoms with Crippen LogP contribution in [0.3, 0.4) is 0 Å². The van der Waals surface area contributed by atoms with Crippen LogP contribution in [-0.4, -0.2) is 41.2 Å². The third-order valence-electron chi connectivity index (χ3n) is 5.23. The molecule has 1 saturated heterocycles. The van der Waals surface area contributed by atoms with E-state index in [1.807, 2.05) is 42.2 Å². The van der Waals surface area contributed by atoms with E-state index in [0.717, 1.165) is 11.6 Å². The van der Waals surface area contributed by atoms with E-state index in [2.05, 4.69) is 15.0 Å². The summed E-state index contributed by atoms with van der Waals surface area (Å²) in [4.78, 5) is 8.69. The lowest BCUT2D eigenvalue weighted by Gasteiger charge is -2.38. The van der Waals surface area contributed by atoms with Gasteiger partial charge in [0.25, 0.3) is 0 Å². The van der Waals surface area contributed by atoms with Crippen molar-refractivity contribution in [3.05, 3.63) is 66.1 Å². The minimum Gasteiger partial charge on any atom is -0.369 e. The first-order valence-electron chi connectivity index (χ1n) is 9.47. The Kier molecular flexibility index (Phi) is 5.27. The lowest BCUT2D eigenvalue weighted by atomic mass is 10.1. The Labute approximate surface area is 166 Å². The lowest BCUT2D eigenvalue weighted by molar-refractivity contribution is -0.137. The normalized spacial score (nSPS) is 16.8. The maximum Gasteiger partial charge on any atom is 0.416 e. The molecule has 152 valence electrons. The molecule has 0 saturated carbocycles. The van der Waals surface area contributed by atoms with Crippen LogP contribution in [0.1, 0.15) is 24.4 Å². The molecule has 0 N–H and O–H groups in total. The molecule has 0 aliphatic carbocycles. The predicted molar refractivity (Wildman–Crippen MR) is 103 cm³/mol. The van der Waals surface area contributed by atoms with E-state index < -0.39 is 11.7 Å². The summed E-state index contributed by atoms with van der Waals surface area (Å²) in [5.41, 5.74) is 0.866. The topological polar surface area (TPSA) is 45.4 Å². The smallest absolute Gasteiger partial charge is 0.369 e. The van der Waals surface area contributed by atoms with Crippen LogP contribution in [0.5, 0.6) is 0 Å². The van der Waals surface area contributed by atoms with Crippen LogP contribution in [0.4, 0.5) is 18.9 Å². The van der Waals surface area contributed by atoms with Crippen molar-refractivity contribution < 1.29 is 17.7 Å². The number of halogens is 3. The van der Waals surface area contributed by atoms with Crippen molar-refractivity contribution in [2.75, 3.05) is 31.1 Å². The van der Waals surface area contributed by atoms with E-state index in [1.54, 1.807) is 6.07 Å². The number of piperazine rings is 1. The monoisotopic (exact) mass is 402 g/mol. The van der Waals surface area contributed by atoms with Gasteiger partial charge in [0, 0.05) is 37.4 Å². The second-order valence-electron chi connectivity index (χ2n) is 7.07. The molecule has 1 atom stereocenters. The minimum atomic E-state index is -4.33. The standard InChI is InChI=1S/C21H21F3N4O/c1-15(20-25-19(26-29-20)16-6-3-2-4-7-16)27-10-12-28(13-11-27)18-9-5-8-17(14-18)21(22,23)24/h2-9,14-15H,10-13H2,1H3. The average Bonchev–Trinajstić information content (AvgIpc) is 3.24. The highest BCUT2D eigenvalue weighted by molar-refractivity contribution is 5.53.